The van der Waals surface area contributed by atoms with E-state index in [0.29, 0.717) is 17.4 Å². The standard InChI is InChI=1S/C18H29N/c1-14(2)16-9-7-15(8-10-16)13-17(19)18(3)11-5-4-6-12-18/h7-10,14,17H,4-6,11-13,19H2,1-3H3. The quantitative estimate of drug-likeness (QED) is 0.837. The molecule has 1 atom stereocenters. The predicted octanol–water partition coefficient (Wildman–Crippen LogP) is 4.65. The molecule has 0 bridgehead atoms. The molecule has 1 saturated carbocycles. The molecule has 2 N–H and O–H groups in total. The summed E-state index contributed by atoms with van der Waals surface area (Å²) in [6, 6.07) is 9.35. The number of benzene rings is 1. The van der Waals surface area contributed by atoms with Gasteiger partial charge in [-0.3, -0.25) is 0 Å². The molecule has 1 fully saturated rings. The first kappa shape index (κ1) is 14.6. The number of rotatable bonds is 4. The lowest BCUT2D eigenvalue weighted by molar-refractivity contribution is 0.169. The van der Waals surface area contributed by atoms with Crippen molar-refractivity contribution in [3.05, 3.63) is 35.4 Å². The van der Waals surface area contributed by atoms with Crippen LogP contribution in [-0.2, 0) is 6.42 Å². The highest BCUT2D eigenvalue weighted by Crippen LogP contribution is 2.39. The van der Waals surface area contributed by atoms with Crippen LogP contribution in [0.25, 0.3) is 0 Å². The first-order chi connectivity index (χ1) is 9.01. The number of hydrogen-bond acceptors (Lipinski definition) is 1. The van der Waals surface area contributed by atoms with Gasteiger partial charge in [0, 0.05) is 6.04 Å². The summed E-state index contributed by atoms with van der Waals surface area (Å²) in [5.41, 5.74) is 9.68. The molecule has 2 rings (SSSR count). The first-order valence-corrected chi connectivity index (χ1v) is 7.86. The Labute approximate surface area is 118 Å². The molecule has 1 unspecified atom stereocenters. The Hall–Kier alpha value is -0.820. The van der Waals surface area contributed by atoms with E-state index in [1.54, 1.807) is 0 Å². The van der Waals surface area contributed by atoms with Crippen molar-refractivity contribution in [2.75, 3.05) is 0 Å². The monoisotopic (exact) mass is 259 g/mol. The molecule has 0 saturated heterocycles. The van der Waals surface area contributed by atoms with Gasteiger partial charge >= 0.3 is 0 Å². The predicted molar refractivity (Wildman–Crippen MR) is 83.4 cm³/mol. The van der Waals surface area contributed by atoms with Gasteiger partial charge in [-0.1, -0.05) is 64.3 Å². The van der Waals surface area contributed by atoms with Crippen molar-refractivity contribution in [1.82, 2.24) is 0 Å². The summed E-state index contributed by atoms with van der Waals surface area (Å²) < 4.78 is 0. The lowest BCUT2D eigenvalue weighted by Gasteiger charge is -2.39. The lowest BCUT2D eigenvalue weighted by atomic mass is 9.69. The van der Waals surface area contributed by atoms with Gasteiger partial charge in [0.25, 0.3) is 0 Å². The fourth-order valence-corrected chi connectivity index (χ4v) is 3.27. The number of nitrogens with two attached hydrogens (primary N) is 1. The van der Waals surface area contributed by atoms with Crippen molar-refractivity contribution >= 4 is 0 Å². The fraction of sp³-hybridized carbons (Fsp3) is 0.667. The van der Waals surface area contributed by atoms with Crippen molar-refractivity contribution < 1.29 is 0 Å². The maximum absolute atomic E-state index is 6.51. The lowest BCUT2D eigenvalue weighted by Crippen LogP contribution is -2.42. The first-order valence-electron chi connectivity index (χ1n) is 7.86. The zero-order valence-corrected chi connectivity index (χ0v) is 12.8. The Morgan fingerprint density at radius 1 is 1.05 bits per heavy atom. The third-order valence-corrected chi connectivity index (χ3v) is 4.99. The largest absolute Gasteiger partial charge is 0.327 e. The maximum atomic E-state index is 6.51. The zero-order valence-electron chi connectivity index (χ0n) is 12.8. The van der Waals surface area contributed by atoms with Crippen LogP contribution in [0.2, 0.25) is 0 Å². The summed E-state index contributed by atoms with van der Waals surface area (Å²) in [7, 11) is 0. The molecule has 0 amide bonds. The highest BCUT2D eigenvalue weighted by molar-refractivity contribution is 5.25. The molecule has 1 aliphatic carbocycles. The Kier molecular flexibility index (Phi) is 4.67. The Morgan fingerprint density at radius 2 is 1.63 bits per heavy atom. The van der Waals surface area contributed by atoms with Crippen LogP contribution < -0.4 is 5.73 Å². The minimum atomic E-state index is 0.303. The van der Waals surface area contributed by atoms with E-state index in [0.717, 1.165) is 6.42 Å². The van der Waals surface area contributed by atoms with Crippen LogP contribution >= 0.6 is 0 Å². The van der Waals surface area contributed by atoms with Crippen molar-refractivity contribution in [3.8, 4) is 0 Å². The van der Waals surface area contributed by atoms with Crippen LogP contribution in [0.4, 0.5) is 0 Å². The second-order valence-corrected chi connectivity index (χ2v) is 6.92. The average Bonchev–Trinajstić information content (AvgIpc) is 2.40. The molecule has 0 spiro atoms. The van der Waals surface area contributed by atoms with E-state index in [-0.39, 0.29) is 0 Å². The molecule has 0 heterocycles. The van der Waals surface area contributed by atoms with Crippen molar-refractivity contribution in [1.29, 1.82) is 0 Å². The van der Waals surface area contributed by atoms with E-state index < -0.39 is 0 Å². The average molecular weight is 259 g/mol. The molecule has 1 aliphatic rings. The summed E-state index contributed by atoms with van der Waals surface area (Å²) in [4.78, 5) is 0. The smallest absolute Gasteiger partial charge is 0.0133 e. The molecule has 19 heavy (non-hydrogen) atoms. The van der Waals surface area contributed by atoms with Crippen LogP contribution in [0.3, 0.4) is 0 Å². The van der Waals surface area contributed by atoms with Crippen LogP contribution in [0, 0.1) is 5.41 Å². The summed E-state index contributed by atoms with van der Waals surface area (Å²) >= 11 is 0. The van der Waals surface area contributed by atoms with Gasteiger partial charge in [-0.25, -0.2) is 0 Å². The SMILES string of the molecule is CC(C)c1ccc(CC(N)C2(C)CCCCC2)cc1. The fourth-order valence-electron chi connectivity index (χ4n) is 3.27. The minimum Gasteiger partial charge on any atom is -0.327 e. The normalized spacial score (nSPS) is 20.5. The molecule has 1 heteroatoms. The molecule has 1 nitrogen and oxygen atoms in total. The van der Waals surface area contributed by atoms with Gasteiger partial charge in [0.1, 0.15) is 0 Å². The summed E-state index contributed by atoms with van der Waals surface area (Å²) in [5.74, 6) is 0.610. The Morgan fingerprint density at radius 3 is 2.16 bits per heavy atom. The second kappa shape index (κ2) is 6.09. The second-order valence-electron chi connectivity index (χ2n) is 6.92. The number of hydrogen-bond donors (Lipinski definition) is 1. The van der Waals surface area contributed by atoms with Crippen molar-refractivity contribution in [2.45, 2.75) is 71.3 Å². The molecule has 0 aromatic heterocycles. The third kappa shape index (κ3) is 3.60. The van der Waals surface area contributed by atoms with E-state index in [4.69, 9.17) is 5.73 Å². The van der Waals surface area contributed by atoms with E-state index in [1.807, 2.05) is 0 Å². The maximum Gasteiger partial charge on any atom is 0.0133 e. The molecule has 106 valence electrons. The van der Waals surface area contributed by atoms with Crippen LogP contribution in [-0.4, -0.2) is 6.04 Å². The molecule has 0 radical (unpaired) electrons. The molecular formula is C18H29N. The summed E-state index contributed by atoms with van der Waals surface area (Å²) in [6.07, 6.45) is 7.74. The van der Waals surface area contributed by atoms with Crippen LogP contribution in [0.1, 0.15) is 69.9 Å². The molecular weight excluding hydrogens is 230 g/mol. The van der Waals surface area contributed by atoms with E-state index in [1.165, 1.54) is 43.2 Å². The molecule has 1 aromatic rings. The van der Waals surface area contributed by atoms with Gasteiger partial charge in [0.15, 0.2) is 0 Å². The third-order valence-electron chi connectivity index (χ3n) is 4.99. The van der Waals surface area contributed by atoms with E-state index >= 15 is 0 Å². The Balaban J connectivity index is 1.99. The van der Waals surface area contributed by atoms with Gasteiger partial charge in [-0.05, 0) is 41.7 Å². The van der Waals surface area contributed by atoms with Crippen molar-refractivity contribution in [2.24, 2.45) is 11.1 Å². The molecule has 0 aliphatic heterocycles. The zero-order chi connectivity index (χ0) is 13.9. The minimum absolute atomic E-state index is 0.303. The van der Waals surface area contributed by atoms with Crippen LogP contribution in [0.5, 0.6) is 0 Å². The topological polar surface area (TPSA) is 26.0 Å². The van der Waals surface area contributed by atoms with Gasteiger partial charge in [-0.15, -0.1) is 0 Å². The van der Waals surface area contributed by atoms with Gasteiger partial charge in [-0.2, -0.15) is 0 Å². The van der Waals surface area contributed by atoms with Gasteiger partial charge < -0.3 is 5.73 Å². The van der Waals surface area contributed by atoms with Gasteiger partial charge in [0.2, 0.25) is 0 Å². The van der Waals surface area contributed by atoms with Crippen molar-refractivity contribution in [3.63, 3.8) is 0 Å². The summed E-state index contributed by atoms with van der Waals surface area (Å²) in [6.45, 7) is 6.87. The Bertz CT molecular complexity index is 385. The van der Waals surface area contributed by atoms with Gasteiger partial charge in [0.05, 0.1) is 0 Å². The summed E-state index contributed by atoms with van der Waals surface area (Å²) in [5, 5.41) is 0. The van der Waals surface area contributed by atoms with E-state index in [9.17, 15) is 0 Å². The van der Waals surface area contributed by atoms with Crippen LogP contribution in [0.15, 0.2) is 24.3 Å². The molecule has 1 aromatic carbocycles. The van der Waals surface area contributed by atoms with E-state index in [2.05, 4.69) is 45.0 Å². The highest BCUT2D eigenvalue weighted by atomic mass is 14.7. The highest BCUT2D eigenvalue weighted by Gasteiger charge is 2.32.